The van der Waals surface area contributed by atoms with Gasteiger partial charge >= 0.3 is 5.97 Å². The summed E-state index contributed by atoms with van der Waals surface area (Å²) in [5, 5.41) is 16.8. The van der Waals surface area contributed by atoms with Crippen LogP contribution in [0.5, 0.6) is 0 Å². The van der Waals surface area contributed by atoms with Gasteiger partial charge in [0, 0.05) is 0 Å². The second kappa shape index (κ2) is 2.84. The van der Waals surface area contributed by atoms with Crippen LogP contribution in [0.4, 0.5) is 0 Å². The lowest BCUT2D eigenvalue weighted by molar-refractivity contribution is 0.0696. The van der Waals surface area contributed by atoms with Crippen molar-refractivity contribution in [3.63, 3.8) is 0 Å². The van der Waals surface area contributed by atoms with Gasteiger partial charge in [0.05, 0.1) is 17.2 Å². The molecule has 0 fully saturated rings. The van der Waals surface area contributed by atoms with Crippen molar-refractivity contribution in [2.45, 2.75) is 0 Å². The zero-order valence-electron chi connectivity index (χ0n) is 5.53. The zero-order chi connectivity index (χ0) is 8.27. The Hall–Kier alpha value is -1.82. The van der Waals surface area contributed by atoms with Crippen LogP contribution in [0, 0.1) is 17.4 Å². The quantitative estimate of drug-likeness (QED) is 0.644. The molecule has 0 aliphatic heterocycles. The number of aromatic carboxylic acids is 1. The maximum Gasteiger partial charge on any atom is 0.336 e. The third-order valence-corrected chi connectivity index (χ3v) is 1.17. The number of nitrogens with zero attached hydrogens (tertiary/aromatic N) is 1. The van der Waals surface area contributed by atoms with Crippen LogP contribution in [-0.2, 0) is 0 Å². The van der Waals surface area contributed by atoms with E-state index < -0.39 is 5.97 Å². The van der Waals surface area contributed by atoms with E-state index in [9.17, 15) is 4.79 Å². The van der Waals surface area contributed by atoms with Crippen molar-refractivity contribution < 1.29 is 9.90 Å². The minimum absolute atomic E-state index is 0.0731. The number of nitriles is 1. The van der Waals surface area contributed by atoms with Crippen molar-refractivity contribution in [1.29, 1.82) is 5.26 Å². The zero-order valence-corrected chi connectivity index (χ0v) is 5.53. The van der Waals surface area contributed by atoms with Crippen LogP contribution < -0.4 is 0 Å². The molecule has 11 heavy (non-hydrogen) atoms. The summed E-state index contributed by atoms with van der Waals surface area (Å²) in [4.78, 5) is 10.3. The molecule has 0 amide bonds. The number of hydrogen-bond donors (Lipinski definition) is 1. The first-order chi connectivity index (χ1) is 5.24. The monoisotopic (exact) mass is 146 g/mol. The Kier molecular flexibility index (Phi) is 1.88. The fourth-order valence-corrected chi connectivity index (χ4v) is 0.627. The Morgan fingerprint density at radius 1 is 1.64 bits per heavy atom. The molecule has 0 aliphatic rings. The van der Waals surface area contributed by atoms with E-state index in [1.807, 2.05) is 6.07 Å². The van der Waals surface area contributed by atoms with Gasteiger partial charge < -0.3 is 5.11 Å². The highest BCUT2D eigenvalue weighted by Gasteiger charge is 2.00. The van der Waals surface area contributed by atoms with Crippen LogP contribution in [0.15, 0.2) is 18.2 Å². The molecule has 0 spiro atoms. The Labute approximate surface area is 63.5 Å². The fourth-order valence-electron chi connectivity index (χ4n) is 0.627. The van der Waals surface area contributed by atoms with Crippen molar-refractivity contribution in [1.82, 2.24) is 0 Å². The summed E-state index contributed by atoms with van der Waals surface area (Å²) in [6.45, 7) is 0. The lowest BCUT2D eigenvalue weighted by Gasteiger charge is -1.90. The number of carbonyl (C=O) groups is 1. The summed E-state index contributed by atoms with van der Waals surface area (Å²) >= 11 is 0. The van der Waals surface area contributed by atoms with E-state index in [1.165, 1.54) is 18.2 Å². The summed E-state index contributed by atoms with van der Waals surface area (Å²) < 4.78 is 0. The molecular formula is C8H4NO2. The van der Waals surface area contributed by atoms with Gasteiger partial charge in [0.2, 0.25) is 0 Å². The Bertz CT molecular complexity index is 308. The van der Waals surface area contributed by atoms with Crippen molar-refractivity contribution in [3.8, 4) is 6.07 Å². The van der Waals surface area contributed by atoms with Crippen LogP contribution in [0.2, 0.25) is 0 Å². The number of carboxylic acids is 1. The van der Waals surface area contributed by atoms with Crippen molar-refractivity contribution in [3.05, 3.63) is 35.4 Å². The van der Waals surface area contributed by atoms with Gasteiger partial charge in [-0.25, -0.2) is 4.79 Å². The van der Waals surface area contributed by atoms with Gasteiger partial charge in [-0.05, 0) is 24.3 Å². The maximum atomic E-state index is 10.3. The SMILES string of the molecule is N#Cc1c[c]c(C(=O)O)cc1. The molecule has 1 rings (SSSR count). The second-order valence-corrected chi connectivity index (χ2v) is 1.91. The molecule has 1 N–H and O–H groups in total. The molecule has 0 bridgehead atoms. The molecule has 0 aliphatic carbocycles. The van der Waals surface area contributed by atoms with E-state index in [0.29, 0.717) is 5.56 Å². The molecule has 1 aromatic rings. The van der Waals surface area contributed by atoms with Gasteiger partial charge in [0.15, 0.2) is 0 Å². The van der Waals surface area contributed by atoms with Crippen LogP contribution in [0.1, 0.15) is 15.9 Å². The van der Waals surface area contributed by atoms with Crippen LogP contribution in [0.25, 0.3) is 0 Å². The molecule has 53 valence electrons. The third-order valence-electron chi connectivity index (χ3n) is 1.17. The third kappa shape index (κ3) is 1.55. The summed E-state index contributed by atoms with van der Waals surface area (Å²) in [5.41, 5.74) is 0.485. The average molecular weight is 146 g/mol. The minimum atomic E-state index is -1.03. The highest BCUT2D eigenvalue weighted by molar-refractivity contribution is 5.87. The van der Waals surface area contributed by atoms with E-state index in [4.69, 9.17) is 10.4 Å². The highest BCUT2D eigenvalue weighted by atomic mass is 16.4. The van der Waals surface area contributed by atoms with Gasteiger partial charge in [-0.1, -0.05) is 0 Å². The number of benzene rings is 1. The predicted octanol–water partition coefficient (Wildman–Crippen LogP) is 1.06. The molecule has 1 radical (unpaired) electrons. The summed E-state index contributed by atoms with van der Waals surface area (Å²) in [6.07, 6.45) is 0. The van der Waals surface area contributed by atoms with Gasteiger partial charge in [-0.2, -0.15) is 5.26 Å². The maximum absolute atomic E-state index is 10.3. The topological polar surface area (TPSA) is 61.1 Å². The van der Waals surface area contributed by atoms with E-state index in [2.05, 4.69) is 6.07 Å². The van der Waals surface area contributed by atoms with E-state index >= 15 is 0 Å². The average Bonchev–Trinajstić information content (AvgIpc) is 2.05. The van der Waals surface area contributed by atoms with Gasteiger partial charge in [-0.3, -0.25) is 0 Å². The van der Waals surface area contributed by atoms with Crippen LogP contribution in [0.3, 0.4) is 0 Å². The largest absolute Gasteiger partial charge is 0.478 e. The molecule has 0 saturated heterocycles. The van der Waals surface area contributed by atoms with Gasteiger partial charge in [0.25, 0.3) is 0 Å². The van der Waals surface area contributed by atoms with Gasteiger partial charge in [0.1, 0.15) is 0 Å². The normalized spacial score (nSPS) is 8.64. The summed E-state index contributed by atoms with van der Waals surface area (Å²) in [5.74, 6) is -1.03. The lowest BCUT2D eigenvalue weighted by Crippen LogP contribution is -1.95. The molecule has 0 atom stereocenters. The number of rotatable bonds is 1. The molecule has 3 heteroatoms. The first-order valence-electron chi connectivity index (χ1n) is 2.89. The molecule has 3 nitrogen and oxygen atoms in total. The molecule has 0 unspecified atom stereocenters. The molecule has 1 aromatic carbocycles. The first-order valence-corrected chi connectivity index (χ1v) is 2.89. The molecular weight excluding hydrogens is 142 g/mol. The Balaban J connectivity index is 3.03. The van der Waals surface area contributed by atoms with Crippen LogP contribution in [-0.4, -0.2) is 11.1 Å². The molecule has 0 saturated carbocycles. The fraction of sp³-hybridized carbons (Fsp3) is 0. The second-order valence-electron chi connectivity index (χ2n) is 1.91. The lowest BCUT2D eigenvalue weighted by atomic mass is 10.1. The minimum Gasteiger partial charge on any atom is -0.478 e. The summed E-state index contributed by atoms with van der Waals surface area (Å²) in [6, 6.07) is 8.48. The Morgan fingerprint density at radius 2 is 2.36 bits per heavy atom. The highest BCUT2D eigenvalue weighted by Crippen LogP contribution is 2.01. The Morgan fingerprint density at radius 3 is 2.73 bits per heavy atom. The van der Waals surface area contributed by atoms with Crippen molar-refractivity contribution >= 4 is 5.97 Å². The first kappa shape index (κ1) is 7.29. The van der Waals surface area contributed by atoms with Crippen molar-refractivity contribution in [2.75, 3.05) is 0 Å². The molecule has 0 heterocycles. The van der Waals surface area contributed by atoms with E-state index in [-0.39, 0.29) is 5.56 Å². The van der Waals surface area contributed by atoms with E-state index in [1.54, 1.807) is 0 Å². The van der Waals surface area contributed by atoms with E-state index in [0.717, 1.165) is 0 Å². The predicted molar refractivity (Wildman–Crippen MR) is 37.0 cm³/mol. The van der Waals surface area contributed by atoms with Gasteiger partial charge in [-0.15, -0.1) is 0 Å². The standard InChI is InChI=1S/C8H4NO2/c9-5-6-1-3-7(4-2-6)8(10)11/h1-3H,(H,10,11). The summed E-state index contributed by atoms with van der Waals surface area (Å²) in [7, 11) is 0. The van der Waals surface area contributed by atoms with Crippen molar-refractivity contribution in [2.24, 2.45) is 0 Å². The number of carboxylic acid groups (broad SMARTS) is 1. The molecule has 0 aromatic heterocycles. The number of hydrogen-bond acceptors (Lipinski definition) is 2. The van der Waals surface area contributed by atoms with Crippen LogP contribution >= 0.6 is 0 Å². The smallest absolute Gasteiger partial charge is 0.336 e.